The Kier molecular flexibility index (Phi) is 5.63. The molecule has 0 N–H and O–H groups in total. The number of hydrogen-bond acceptors (Lipinski definition) is 1. The van der Waals surface area contributed by atoms with E-state index in [4.69, 9.17) is 4.74 Å². The Morgan fingerprint density at radius 1 is 0.840 bits per heavy atom. The Labute approximate surface area is 152 Å². The van der Waals surface area contributed by atoms with E-state index in [9.17, 15) is 4.39 Å². The fourth-order valence-corrected chi connectivity index (χ4v) is 5.49. The third-order valence-corrected chi connectivity index (χ3v) is 7.13. The third-order valence-electron chi connectivity index (χ3n) is 7.13. The zero-order valence-electron chi connectivity index (χ0n) is 15.5. The van der Waals surface area contributed by atoms with Crippen molar-refractivity contribution in [1.82, 2.24) is 0 Å². The molecule has 1 unspecified atom stereocenters. The first-order valence-electron chi connectivity index (χ1n) is 10.7. The predicted octanol–water partition coefficient (Wildman–Crippen LogP) is 6.69. The fraction of sp³-hybridized carbons (Fsp3) is 0.739. The fourth-order valence-electron chi connectivity index (χ4n) is 5.49. The van der Waals surface area contributed by atoms with Gasteiger partial charge in [-0.1, -0.05) is 63.9 Å². The molecule has 2 saturated carbocycles. The van der Waals surface area contributed by atoms with Crippen LogP contribution in [-0.4, -0.2) is 6.10 Å². The van der Waals surface area contributed by atoms with Crippen molar-refractivity contribution in [1.29, 1.82) is 0 Å². The zero-order valence-corrected chi connectivity index (χ0v) is 15.5. The first-order chi connectivity index (χ1) is 12.3. The first kappa shape index (κ1) is 17.4. The van der Waals surface area contributed by atoms with Crippen LogP contribution in [0.2, 0.25) is 0 Å². The summed E-state index contributed by atoms with van der Waals surface area (Å²) >= 11 is 0. The maximum absolute atomic E-state index is 13.5. The van der Waals surface area contributed by atoms with Crippen LogP contribution in [0, 0.1) is 23.6 Å². The Morgan fingerprint density at radius 3 is 2.32 bits per heavy atom. The van der Waals surface area contributed by atoms with Crippen molar-refractivity contribution in [3.05, 3.63) is 29.6 Å². The quantitative estimate of drug-likeness (QED) is 0.591. The minimum atomic E-state index is -0.175. The predicted molar refractivity (Wildman–Crippen MR) is 100 cm³/mol. The molecular weight excluding hydrogens is 311 g/mol. The Bertz CT molecular complexity index is 555. The molecule has 25 heavy (non-hydrogen) atoms. The largest absolute Gasteiger partial charge is 0.490 e. The highest BCUT2D eigenvalue weighted by Crippen LogP contribution is 2.40. The van der Waals surface area contributed by atoms with Crippen molar-refractivity contribution in [3.63, 3.8) is 0 Å². The minimum Gasteiger partial charge on any atom is -0.490 e. The van der Waals surface area contributed by atoms with Gasteiger partial charge in [0.15, 0.2) is 0 Å². The lowest BCUT2D eigenvalue weighted by Gasteiger charge is -2.37. The van der Waals surface area contributed by atoms with Crippen LogP contribution in [0.15, 0.2) is 18.2 Å². The lowest BCUT2D eigenvalue weighted by molar-refractivity contribution is 0.0743. The molecule has 2 fully saturated rings. The lowest BCUT2D eigenvalue weighted by atomic mass is 9.74. The number of halogens is 1. The number of rotatable bonds is 4. The van der Waals surface area contributed by atoms with Crippen LogP contribution in [0.5, 0.6) is 5.75 Å². The first-order valence-corrected chi connectivity index (χ1v) is 10.7. The number of hydrogen-bond donors (Lipinski definition) is 0. The summed E-state index contributed by atoms with van der Waals surface area (Å²) in [4.78, 5) is 0. The average Bonchev–Trinajstić information content (AvgIpc) is 2.67. The van der Waals surface area contributed by atoms with E-state index in [0.29, 0.717) is 12.0 Å². The van der Waals surface area contributed by atoms with Crippen LogP contribution in [-0.2, 0) is 6.42 Å². The van der Waals surface area contributed by atoms with Gasteiger partial charge < -0.3 is 4.74 Å². The average molecular weight is 345 g/mol. The van der Waals surface area contributed by atoms with Crippen molar-refractivity contribution in [2.75, 3.05) is 0 Å². The van der Waals surface area contributed by atoms with Gasteiger partial charge in [0.1, 0.15) is 17.7 Å². The smallest absolute Gasteiger partial charge is 0.126 e. The van der Waals surface area contributed by atoms with E-state index in [1.54, 1.807) is 12.1 Å². The molecular formula is C23H33FO. The summed E-state index contributed by atoms with van der Waals surface area (Å²) in [5.74, 6) is 3.29. The monoisotopic (exact) mass is 344 g/mol. The van der Waals surface area contributed by atoms with Crippen molar-refractivity contribution >= 4 is 0 Å². The molecule has 1 atom stereocenters. The van der Waals surface area contributed by atoms with Crippen molar-refractivity contribution in [3.8, 4) is 5.75 Å². The zero-order chi connectivity index (χ0) is 17.1. The summed E-state index contributed by atoms with van der Waals surface area (Å²) in [6.07, 6.45) is 18.2. The van der Waals surface area contributed by atoms with E-state index in [1.165, 1.54) is 76.2 Å². The third kappa shape index (κ3) is 4.38. The van der Waals surface area contributed by atoms with Gasteiger partial charge in [0.05, 0.1) is 0 Å². The van der Waals surface area contributed by atoms with Crippen LogP contribution >= 0.6 is 0 Å². The van der Waals surface area contributed by atoms with Gasteiger partial charge in [-0.3, -0.25) is 0 Å². The molecule has 0 radical (unpaired) electrons. The molecule has 1 aromatic carbocycles. The van der Waals surface area contributed by atoms with Gasteiger partial charge in [-0.05, 0) is 55.1 Å². The second-order valence-electron chi connectivity index (χ2n) is 8.81. The van der Waals surface area contributed by atoms with Gasteiger partial charge in [-0.2, -0.15) is 0 Å². The molecule has 0 amide bonds. The highest BCUT2D eigenvalue weighted by Gasteiger charge is 2.31. The van der Waals surface area contributed by atoms with Crippen molar-refractivity contribution in [2.45, 2.75) is 89.6 Å². The molecule has 138 valence electrons. The molecule has 1 aromatic rings. The van der Waals surface area contributed by atoms with Crippen molar-refractivity contribution < 1.29 is 9.13 Å². The highest BCUT2D eigenvalue weighted by atomic mass is 19.1. The maximum atomic E-state index is 13.5. The van der Waals surface area contributed by atoms with Crippen LogP contribution < -0.4 is 4.74 Å². The van der Waals surface area contributed by atoms with E-state index in [0.717, 1.165) is 30.4 Å². The van der Waals surface area contributed by atoms with E-state index in [2.05, 4.69) is 0 Å². The molecule has 4 rings (SSSR count). The van der Waals surface area contributed by atoms with Gasteiger partial charge in [-0.25, -0.2) is 4.39 Å². The molecule has 0 spiro atoms. The summed E-state index contributed by atoms with van der Waals surface area (Å²) in [5.41, 5.74) is 1.18. The van der Waals surface area contributed by atoms with E-state index < -0.39 is 0 Å². The number of ether oxygens (including phenoxy) is 1. The molecule has 0 aromatic heterocycles. The molecule has 1 heterocycles. The molecule has 2 aliphatic carbocycles. The highest BCUT2D eigenvalue weighted by molar-refractivity contribution is 5.36. The van der Waals surface area contributed by atoms with Gasteiger partial charge in [0.25, 0.3) is 0 Å². The summed E-state index contributed by atoms with van der Waals surface area (Å²) in [7, 11) is 0. The van der Waals surface area contributed by atoms with Gasteiger partial charge in [0, 0.05) is 6.07 Å². The van der Waals surface area contributed by atoms with Crippen molar-refractivity contribution in [2.24, 2.45) is 17.8 Å². The molecule has 0 saturated heterocycles. The summed E-state index contributed by atoms with van der Waals surface area (Å²) in [6, 6.07) is 5.03. The topological polar surface area (TPSA) is 9.23 Å². The van der Waals surface area contributed by atoms with Gasteiger partial charge >= 0.3 is 0 Å². The number of benzene rings is 1. The number of fused-ring (bicyclic) bond motifs is 1. The molecule has 1 aliphatic heterocycles. The van der Waals surface area contributed by atoms with Gasteiger partial charge in [-0.15, -0.1) is 0 Å². The summed E-state index contributed by atoms with van der Waals surface area (Å²) < 4.78 is 19.7. The Hall–Kier alpha value is -1.05. The van der Waals surface area contributed by atoms with E-state index in [-0.39, 0.29) is 5.82 Å². The number of aryl methyl sites for hydroxylation is 1. The summed E-state index contributed by atoms with van der Waals surface area (Å²) in [5, 5.41) is 0. The van der Waals surface area contributed by atoms with Crippen LogP contribution in [0.25, 0.3) is 0 Å². The normalized spacial score (nSPS) is 30.5. The SMILES string of the molecule is Fc1ccc2c(c1)OC(C1CCC(CCC3CCCCC3)CC1)CC2. The molecule has 3 aliphatic rings. The molecule has 2 heteroatoms. The van der Waals surface area contributed by atoms with Crippen LogP contribution in [0.1, 0.15) is 82.6 Å². The standard InChI is InChI=1S/C23H33FO/c24-21-14-12-20-13-15-22(25-23(20)16-21)19-10-8-18(9-11-19)7-6-17-4-2-1-3-5-17/h12,14,16-19,22H,1-11,13,15H2. The molecule has 1 nitrogen and oxygen atoms in total. The Morgan fingerprint density at radius 2 is 1.56 bits per heavy atom. The van der Waals surface area contributed by atoms with Crippen LogP contribution in [0.3, 0.4) is 0 Å². The maximum Gasteiger partial charge on any atom is 0.126 e. The van der Waals surface area contributed by atoms with Crippen LogP contribution in [0.4, 0.5) is 4.39 Å². The van der Waals surface area contributed by atoms with Gasteiger partial charge in [0.2, 0.25) is 0 Å². The second-order valence-corrected chi connectivity index (χ2v) is 8.81. The minimum absolute atomic E-state index is 0.175. The Balaban J connectivity index is 1.23. The van der Waals surface area contributed by atoms with E-state index >= 15 is 0 Å². The second kappa shape index (κ2) is 8.10. The van der Waals surface area contributed by atoms with E-state index in [1.807, 2.05) is 6.07 Å². The lowest BCUT2D eigenvalue weighted by Crippen LogP contribution is -2.33. The summed E-state index contributed by atoms with van der Waals surface area (Å²) in [6.45, 7) is 0. The molecule has 0 bridgehead atoms.